The summed E-state index contributed by atoms with van der Waals surface area (Å²) in [7, 11) is 1.88. The van der Waals surface area contributed by atoms with E-state index in [0.717, 1.165) is 54.9 Å². The lowest BCUT2D eigenvalue weighted by Gasteiger charge is -2.31. The first-order chi connectivity index (χ1) is 12.1. The van der Waals surface area contributed by atoms with Crippen molar-refractivity contribution in [3.05, 3.63) is 29.8 Å². The number of anilines is 1. The van der Waals surface area contributed by atoms with E-state index in [9.17, 15) is 9.59 Å². The highest BCUT2D eigenvalue weighted by atomic mass is 32.2. The average molecular weight is 362 g/mol. The van der Waals surface area contributed by atoms with Gasteiger partial charge in [-0.05, 0) is 61.3 Å². The van der Waals surface area contributed by atoms with Gasteiger partial charge < -0.3 is 15.5 Å². The molecule has 2 aliphatic rings. The van der Waals surface area contributed by atoms with Gasteiger partial charge in [-0.3, -0.25) is 4.79 Å². The molecule has 0 spiro atoms. The Hall–Kier alpha value is -1.69. The Kier molecular flexibility index (Phi) is 6.24. The van der Waals surface area contributed by atoms with Gasteiger partial charge in [0.2, 0.25) is 5.91 Å². The number of benzene rings is 1. The van der Waals surface area contributed by atoms with Crippen LogP contribution in [-0.2, 0) is 11.2 Å². The minimum absolute atomic E-state index is 0.0477. The third-order valence-corrected chi connectivity index (χ3v) is 5.90. The van der Waals surface area contributed by atoms with Crippen molar-refractivity contribution < 1.29 is 9.59 Å². The van der Waals surface area contributed by atoms with E-state index in [4.69, 9.17) is 0 Å². The second kappa shape index (κ2) is 8.61. The highest BCUT2D eigenvalue weighted by molar-refractivity contribution is 7.99. The van der Waals surface area contributed by atoms with E-state index < -0.39 is 0 Å². The lowest BCUT2D eigenvalue weighted by molar-refractivity contribution is -0.121. The molecule has 1 heterocycles. The first-order valence-electron chi connectivity index (χ1n) is 9.11. The highest BCUT2D eigenvalue weighted by Crippen LogP contribution is 2.22. The predicted octanol–water partition coefficient (Wildman–Crippen LogP) is 3.26. The molecule has 3 amide bonds. The van der Waals surface area contributed by atoms with Crippen LogP contribution in [0.4, 0.5) is 10.5 Å². The van der Waals surface area contributed by atoms with Gasteiger partial charge in [0, 0.05) is 31.2 Å². The molecular formula is C19H27N3O2S. The Morgan fingerprint density at radius 2 is 1.80 bits per heavy atom. The summed E-state index contributed by atoms with van der Waals surface area (Å²) in [5.74, 6) is 2.39. The Bertz CT molecular complexity index is 595. The van der Waals surface area contributed by atoms with E-state index in [0.29, 0.717) is 18.5 Å². The fraction of sp³-hybridized carbons (Fsp3) is 0.579. The summed E-state index contributed by atoms with van der Waals surface area (Å²) >= 11 is 1.96. The van der Waals surface area contributed by atoms with Crippen LogP contribution in [0.15, 0.2) is 24.3 Å². The van der Waals surface area contributed by atoms with Crippen LogP contribution >= 0.6 is 11.8 Å². The minimum atomic E-state index is -0.0477. The zero-order chi connectivity index (χ0) is 17.6. The molecular weight excluding hydrogens is 334 g/mol. The first kappa shape index (κ1) is 18.1. The number of rotatable bonds is 6. The van der Waals surface area contributed by atoms with Crippen molar-refractivity contribution in [2.24, 2.45) is 0 Å². The summed E-state index contributed by atoms with van der Waals surface area (Å²) in [5.41, 5.74) is 1.91. The van der Waals surface area contributed by atoms with Crippen LogP contribution in [0.2, 0.25) is 0 Å². The van der Waals surface area contributed by atoms with Crippen molar-refractivity contribution in [2.75, 3.05) is 23.9 Å². The second-order valence-electron chi connectivity index (χ2n) is 6.92. The fourth-order valence-corrected chi connectivity index (χ4v) is 4.07. The highest BCUT2D eigenvalue weighted by Gasteiger charge is 2.23. The maximum Gasteiger partial charge on any atom is 0.321 e. The van der Waals surface area contributed by atoms with Gasteiger partial charge >= 0.3 is 6.03 Å². The van der Waals surface area contributed by atoms with Crippen molar-refractivity contribution in [1.82, 2.24) is 10.2 Å². The number of carbonyl (C=O) groups excluding carboxylic acids is 2. The maximum absolute atomic E-state index is 12.4. The van der Waals surface area contributed by atoms with Gasteiger partial charge in [0.1, 0.15) is 0 Å². The number of hydrogen-bond donors (Lipinski definition) is 2. The van der Waals surface area contributed by atoms with Crippen LogP contribution in [-0.4, -0.2) is 47.5 Å². The van der Waals surface area contributed by atoms with Crippen molar-refractivity contribution >= 4 is 29.4 Å². The number of hydrogen-bond acceptors (Lipinski definition) is 3. The molecule has 0 radical (unpaired) electrons. The molecule has 2 N–H and O–H groups in total. The van der Waals surface area contributed by atoms with Gasteiger partial charge in [-0.15, -0.1) is 0 Å². The Labute approximate surface area is 153 Å². The zero-order valence-electron chi connectivity index (χ0n) is 14.8. The quantitative estimate of drug-likeness (QED) is 0.817. The average Bonchev–Trinajstić information content (AvgIpc) is 3.45. The fourth-order valence-electron chi connectivity index (χ4n) is 2.99. The molecule has 2 fully saturated rings. The summed E-state index contributed by atoms with van der Waals surface area (Å²) in [6, 6.07) is 8.51. The van der Waals surface area contributed by atoms with Crippen LogP contribution in [0.3, 0.4) is 0 Å². The number of amides is 3. The van der Waals surface area contributed by atoms with Crippen LogP contribution in [0.5, 0.6) is 0 Å². The monoisotopic (exact) mass is 361 g/mol. The third kappa shape index (κ3) is 5.66. The van der Waals surface area contributed by atoms with Gasteiger partial charge in [-0.1, -0.05) is 12.1 Å². The SMILES string of the molecule is CN(C(=O)Nc1ccc(CCC(=O)NC2CC2)cc1)C1CCSCC1. The topological polar surface area (TPSA) is 61.4 Å². The predicted molar refractivity (Wildman–Crippen MR) is 103 cm³/mol. The summed E-state index contributed by atoms with van der Waals surface area (Å²) in [6.07, 6.45) is 5.62. The molecule has 3 rings (SSSR count). The second-order valence-corrected chi connectivity index (χ2v) is 8.15. The molecule has 1 saturated heterocycles. The molecule has 0 unspecified atom stereocenters. The van der Waals surface area contributed by atoms with Crippen LogP contribution < -0.4 is 10.6 Å². The van der Waals surface area contributed by atoms with E-state index >= 15 is 0 Å². The molecule has 1 aliphatic carbocycles. The largest absolute Gasteiger partial charge is 0.353 e. The molecule has 5 nitrogen and oxygen atoms in total. The summed E-state index contributed by atoms with van der Waals surface area (Å²) in [5, 5.41) is 5.97. The molecule has 1 saturated carbocycles. The van der Waals surface area contributed by atoms with Gasteiger partial charge in [0.25, 0.3) is 0 Å². The number of thioether (sulfide) groups is 1. The molecule has 1 aliphatic heterocycles. The van der Waals surface area contributed by atoms with Crippen LogP contribution in [0.1, 0.15) is 37.7 Å². The lowest BCUT2D eigenvalue weighted by atomic mass is 10.1. The maximum atomic E-state index is 12.4. The van der Waals surface area contributed by atoms with Crippen molar-refractivity contribution in [3.8, 4) is 0 Å². The van der Waals surface area contributed by atoms with Gasteiger partial charge in [-0.2, -0.15) is 11.8 Å². The molecule has 1 aromatic carbocycles. The van der Waals surface area contributed by atoms with E-state index in [1.165, 1.54) is 0 Å². The van der Waals surface area contributed by atoms with E-state index in [-0.39, 0.29) is 11.9 Å². The van der Waals surface area contributed by atoms with E-state index in [1.54, 1.807) is 0 Å². The smallest absolute Gasteiger partial charge is 0.321 e. The van der Waals surface area contributed by atoms with Crippen LogP contribution in [0, 0.1) is 0 Å². The van der Waals surface area contributed by atoms with E-state index in [2.05, 4.69) is 10.6 Å². The minimum Gasteiger partial charge on any atom is -0.353 e. The lowest BCUT2D eigenvalue weighted by Crippen LogP contribution is -2.41. The molecule has 136 valence electrons. The van der Waals surface area contributed by atoms with Gasteiger partial charge in [0.15, 0.2) is 0 Å². The number of urea groups is 1. The van der Waals surface area contributed by atoms with Crippen molar-refractivity contribution in [2.45, 2.75) is 50.6 Å². The zero-order valence-corrected chi connectivity index (χ0v) is 15.6. The summed E-state index contributed by atoms with van der Waals surface area (Å²) in [6.45, 7) is 0. The van der Waals surface area contributed by atoms with Crippen molar-refractivity contribution in [1.29, 1.82) is 0 Å². The number of nitrogens with zero attached hydrogens (tertiary/aromatic N) is 1. The first-order valence-corrected chi connectivity index (χ1v) is 10.3. The number of aryl methyl sites for hydroxylation is 1. The molecule has 1 aromatic rings. The third-order valence-electron chi connectivity index (χ3n) is 4.85. The Balaban J connectivity index is 1.44. The van der Waals surface area contributed by atoms with Gasteiger partial charge in [-0.25, -0.2) is 4.79 Å². The molecule has 0 aromatic heterocycles. The summed E-state index contributed by atoms with van der Waals surface area (Å²) < 4.78 is 0. The normalized spacial score (nSPS) is 17.8. The molecule has 25 heavy (non-hydrogen) atoms. The Morgan fingerprint density at radius 1 is 1.12 bits per heavy atom. The standard InChI is InChI=1S/C19H27N3O2S/c1-22(17-10-12-25-13-11-17)19(24)21-16-5-2-14(3-6-16)4-9-18(23)20-15-7-8-15/h2-3,5-6,15,17H,4,7-13H2,1H3,(H,20,23)(H,21,24). The molecule has 6 heteroatoms. The number of nitrogens with one attached hydrogen (secondary N) is 2. The van der Waals surface area contributed by atoms with Crippen LogP contribution in [0.25, 0.3) is 0 Å². The molecule has 0 atom stereocenters. The Morgan fingerprint density at radius 3 is 2.44 bits per heavy atom. The van der Waals surface area contributed by atoms with Crippen molar-refractivity contribution in [3.63, 3.8) is 0 Å². The number of carbonyl (C=O) groups is 2. The van der Waals surface area contributed by atoms with E-state index in [1.807, 2.05) is 48.0 Å². The summed E-state index contributed by atoms with van der Waals surface area (Å²) in [4.78, 5) is 25.9. The van der Waals surface area contributed by atoms with Gasteiger partial charge in [0.05, 0.1) is 0 Å². The molecule has 0 bridgehead atoms.